The first-order chi connectivity index (χ1) is 7.65. The Hall–Kier alpha value is -0.570. The standard InChI is InChI=1S/C13H23NO2/c1-3-10-5-4-6-11(10)14-8-7-9(2)12(14)13(15)16/h9-12H,3-8H2,1-2H3,(H,15,16). The van der Waals surface area contributed by atoms with Gasteiger partial charge in [-0.3, -0.25) is 9.69 Å². The summed E-state index contributed by atoms with van der Waals surface area (Å²) in [6.45, 7) is 5.30. The number of hydrogen-bond donors (Lipinski definition) is 1. The first-order valence-corrected chi connectivity index (χ1v) is 6.63. The highest BCUT2D eigenvalue weighted by atomic mass is 16.4. The van der Waals surface area contributed by atoms with Crippen molar-refractivity contribution in [3.63, 3.8) is 0 Å². The molecule has 0 aromatic rings. The van der Waals surface area contributed by atoms with Crippen molar-refractivity contribution in [2.45, 2.75) is 58.0 Å². The average Bonchev–Trinajstić information content (AvgIpc) is 2.82. The minimum absolute atomic E-state index is 0.225. The summed E-state index contributed by atoms with van der Waals surface area (Å²) in [7, 11) is 0. The van der Waals surface area contributed by atoms with E-state index >= 15 is 0 Å². The summed E-state index contributed by atoms with van der Waals surface area (Å²) in [5.74, 6) is 0.425. The zero-order valence-corrected chi connectivity index (χ0v) is 10.4. The first kappa shape index (κ1) is 11.9. The zero-order valence-electron chi connectivity index (χ0n) is 10.4. The van der Waals surface area contributed by atoms with E-state index in [1.165, 1.54) is 25.7 Å². The molecule has 2 aliphatic rings. The highest BCUT2D eigenvalue weighted by Crippen LogP contribution is 2.37. The van der Waals surface area contributed by atoms with Crippen molar-refractivity contribution >= 4 is 5.97 Å². The van der Waals surface area contributed by atoms with Gasteiger partial charge in [0.2, 0.25) is 0 Å². The number of carboxylic acids is 1. The van der Waals surface area contributed by atoms with Gasteiger partial charge in [-0.25, -0.2) is 0 Å². The number of aliphatic carboxylic acids is 1. The van der Waals surface area contributed by atoms with E-state index < -0.39 is 5.97 Å². The van der Waals surface area contributed by atoms with Gasteiger partial charge in [0.1, 0.15) is 6.04 Å². The normalized spacial score (nSPS) is 40.4. The molecule has 1 saturated carbocycles. The van der Waals surface area contributed by atoms with Gasteiger partial charge in [-0.15, -0.1) is 0 Å². The van der Waals surface area contributed by atoms with E-state index in [1.54, 1.807) is 0 Å². The lowest BCUT2D eigenvalue weighted by molar-refractivity contribution is -0.144. The van der Waals surface area contributed by atoms with Gasteiger partial charge in [-0.2, -0.15) is 0 Å². The molecule has 0 spiro atoms. The van der Waals surface area contributed by atoms with Crippen LogP contribution >= 0.6 is 0 Å². The molecular formula is C13H23NO2. The maximum Gasteiger partial charge on any atom is 0.321 e. The van der Waals surface area contributed by atoms with Crippen molar-refractivity contribution in [1.82, 2.24) is 4.90 Å². The molecule has 4 atom stereocenters. The maximum absolute atomic E-state index is 11.3. The lowest BCUT2D eigenvalue weighted by Gasteiger charge is -2.33. The molecule has 92 valence electrons. The van der Waals surface area contributed by atoms with E-state index in [0.717, 1.165) is 18.9 Å². The van der Waals surface area contributed by atoms with Crippen molar-refractivity contribution in [1.29, 1.82) is 0 Å². The molecule has 1 aliphatic heterocycles. The maximum atomic E-state index is 11.3. The summed E-state index contributed by atoms with van der Waals surface area (Å²) >= 11 is 0. The molecule has 2 fully saturated rings. The van der Waals surface area contributed by atoms with Crippen molar-refractivity contribution in [3.05, 3.63) is 0 Å². The van der Waals surface area contributed by atoms with Crippen LogP contribution in [0.3, 0.4) is 0 Å². The van der Waals surface area contributed by atoms with Crippen LogP contribution in [0, 0.1) is 11.8 Å². The van der Waals surface area contributed by atoms with Crippen molar-refractivity contribution in [2.75, 3.05) is 6.54 Å². The largest absolute Gasteiger partial charge is 0.480 e. The third kappa shape index (κ3) is 1.97. The molecule has 1 N–H and O–H groups in total. The fourth-order valence-electron chi connectivity index (χ4n) is 3.66. The number of likely N-dealkylation sites (tertiary alicyclic amines) is 1. The van der Waals surface area contributed by atoms with E-state index in [4.69, 9.17) is 0 Å². The van der Waals surface area contributed by atoms with Crippen LogP contribution in [-0.4, -0.2) is 34.6 Å². The van der Waals surface area contributed by atoms with Crippen LogP contribution in [0.4, 0.5) is 0 Å². The third-order valence-electron chi connectivity index (χ3n) is 4.56. The Morgan fingerprint density at radius 2 is 2.12 bits per heavy atom. The molecule has 3 heteroatoms. The van der Waals surface area contributed by atoms with E-state index in [1.807, 2.05) is 0 Å². The van der Waals surface area contributed by atoms with Gasteiger partial charge in [0.25, 0.3) is 0 Å². The minimum atomic E-state index is -0.619. The minimum Gasteiger partial charge on any atom is -0.480 e. The molecule has 16 heavy (non-hydrogen) atoms. The Morgan fingerprint density at radius 1 is 1.38 bits per heavy atom. The quantitative estimate of drug-likeness (QED) is 0.801. The van der Waals surface area contributed by atoms with Crippen LogP contribution in [-0.2, 0) is 4.79 Å². The summed E-state index contributed by atoms with van der Waals surface area (Å²) in [6.07, 6.45) is 6.01. The summed E-state index contributed by atoms with van der Waals surface area (Å²) in [6, 6.07) is 0.313. The zero-order chi connectivity index (χ0) is 11.7. The molecule has 0 bridgehead atoms. The van der Waals surface area contributed by atoms with Crippen LogP contribution in [0.1, 0.15) is 46.0 Å². The highest BCUT2D eigenvalue weighted by molar-refractivity contribution is 5.74. The van der Waals surface area contributed by atoms with Gasteiger partial charge in [-0.05, 0) is 37.6 Å². The van der Waals surface area contributed by atoms with Crippen LogP contribution in [0.25, 0.3) is 0 Å². The fraction of sp³-hybridized carbons (Fsp3) is 0.923. The number of rotatable bonds is 3. The van der Waals surface area contributed by atoms with Gasteiger partial charge in [0, 0.05) is 6.04 Å². The Kier molecular flexibility index (Phi) is 3.53. The lowest BCUT2D eigenvalue weighted by Crippen LogP contribution is -2.46. The van der Waals surface area contributed by atoms with Gasteiger partial charge >= 0.3 is 5.97 Å². The summed E-state index contributed by atoms with van der Waals surface area (Å²) < 4.78 is 0. The van der Waals surface area contributed by atoms with Gasteiger partial charge < -0.3 is 5.11 Å². The predicted molar refractivity (Wildman–Crippen MR) is 63.3 cm³/mol. The van der Waals surface area contributed by atoms with E-state index in [9.17, 15) is 9.90 Å². The predicted octanol–water partition coefficient (Wildman–Crippen LogP) is 2.36. The molecule has 1 heterocycles. The third-order valence-corrected chi connectivity index (χ3v) is 4.56. The number of hydrogen-bond acceptors (Lipinski definition) is 2. The lowest BCUT2D eigenvalue weighted by atomic mass is 9.97. The van der Waals surface area contributed by atoms with Crippen LogP contribution < -0.4 is 0 Å². The van der Waals surface area contributed by atoms with Crippen molar-refractivity contribution in [2.24, 2.45) is 11.8 Å². The van der Waals surface area contributed by atoms with Crippen LogP contribution in [0.15, 0.2) is 0 Å². The van der Waals surface area contributed by atoms with Crippen LogP contribution in [0.5, 0.6) is 0 Å². The molecule has 2 rings (SSSR count). The van der Waals surface area contributed by atoms with Gasteiger partial charge in [-0.1, -0.05) is 26.7 Å². The average molecular weight is 225 g/mol. The second-order valence-electron chi connectivity index (χ2n) is 5.45. The summed E-state index contributed by atoms with van der Waals surface area (Å²) in [5, 5.41) is 9.33. The second kappa shape index (κ2) is 4.74. The molecular weight excluding hydrogens is 202 g/mol. The molecule has 0 radical (unpaired) electrons. The first-order valence-electron chi connectivity index (χ1n) is 6.63. The molecule has 1 aliphatic carbocycles. The number of carboxylic acid groups (broad SMARTS) is 1. The molecule has 0 aromatic carbocycles. The Labute approximate surface area is 97.8 Å². The van der Waals surface area contributed by atoms with Crippen molar-refractivity contribution < 1.29 is 9.90 Å². The number of nitrogens with zero attached hydrogens (tertiary/aromatic N) is 1. The number of carbonyl (C=O) groups is 1. The Morgan fingerprint density at radius 3 is 2.75 bits per heavy atom. The smallest absolute Gasteiger partial charge is 0.321 e. The van der Waals surface area contributed by atoms with Gasteiger partial charge in [0.05, 0.1) is 0 Å². The second-order valence-corrected chi connectivity index (χ2v) is 5.45. The SMILES string of the molecule is CCC1CCCC1N1CCC(C)C1C(=O)O. The van der Waals surface area contributed by atoms with E-state index in [2.05, 4.69) is 18.7 Å². The molecule has 0 aromatic heterocycles. The monoisotopic (exact) mass is 225 g/mol. The molecule has 1 saturated heterocycles. The molecule has 3 nitrogen and oxygen atoms in total. The fourth-order valence-corrected chi connectivity index (χ4v) is 3.66. The van der Waals surface area contributed by atoms with Crippen LogP contribution in [0.2, 0.25) is 0 Å². The van der Waals surface area contributed by atoms with Crippen molar-refractivity contribution in [3.8, 4) is 0 Å². The topological polar surface area (TPSA) is 40.5 Å². The molecule has 0 amide bonds. The van der Waals surface area contributed by atoms with E-state index in [-0.39, 0.29) is 6.04 Å². The highest BCUT2D eigenvalue weighted by Gasteiger charge is 2.43. The Balaban J connectivity index is 2.10. The van der Waals surface area contributed by atoms with Gasteiger partial charge in [0.15, 0.2) is 0 Å². The molecule has 4 unspecified atom stereocenters. The summed E-state index contributed by atoms with van der Waals surface area (Å²) in [5.41, 5.74) is 0. The Bertz CT molecular complexity index is 267. The summed E-state index contributed by atoms with van der Waals surface area (Å²) in [4.78, 5) is 13.6. The van der Waals surface area contributed by atoms with E-state index in [0.29, 0.717) is 12.0 Å².